The Morgan fingerprint density at radius 2 is 1.70 bits per heavy atom. The Balaban J connectivity index is 1.93. The Morgan fingerprint density at radius 1 is 1.09 bits per heavy atom. The first-order valence-corrected chi connectivity index (χ1v) is 7.50. The molecule has 0 saturated carbocycles. The van der Waals surface area contributed by atoms with E-state index >= 15 is 0 Å². The van der Waals surface area contributed by atoms with Gasteiger partial charge in [-0.2, -0.15) is 5.10 Å². The third kappa shape index (κ3) is 3.57. The molecular weight excluding hydrogens is 312 g/mol. The number of benzene rings is 2. The van der Waals surface area contributed by atoms with Gasteiger partial charge < -0.3 is 5.73 Å². The van der Waals surface area contributed by atoms with Gasteiger partial charge in [0.1, 0.15) is 12.7 Å². The molecule has 3 aromatic rings. The van der Waals surface area contributed by atoms with Crippen LogP contribution in [0.1, 0.15) is 23.5 Å². The molecule has 0 spiro atoms. The largest absolute Gasteiger partial charge is 0.370 e. The minimum atomic E-state index is -0.342. The Bertz CT molecular complexity index is 782. The van der Waals surface area contributed by atoms with E-state index in [9.17, 15) is 4.79 Å². The maximum absolute atomic E-state index is 11.5. The Hall–Kier alpha value is -2.66. The Morgan fingerprint density at radius 3 is 2.22 bits per heavy atom. The van der Waals surface area contributed by atoms with E-state index in [1.165, 1.54) is 6.33 Å². The first-order valence-electron chi connectivity index (χ1n) is 7.12. The minimum absolute atomic E-state index is 0.102. The summed E-state index contributed by atoms with van der Waals surface area (Å²) in [6.45, 7) is 0. The quantitative estimate of drug-likeness (QED) is 0.783. The number of rotatable bonds is 5. The van der Waals surface area contributed by atoms with Crippen LogP contribution in [0.4, 0.5) is 0 Å². The fraction of sp³-hybridized carbons (Fsp3) is 0.118. The van der Waals surface area contributed by atoms with E-state index in [2.05, 4.69) is 10.1 Å². The number of aromatic nitrogens is 3. The molecule has 0 aliphatic rings. The maximum Gasteiger partial charge on any atom is 0.218 e. The standard InChI is InChI=1S/C17H15ClN4O/c18-14-5-1-12(2-6-14)16(9-17(19)23)13-3-7-15(8-4-13)22-11-20-10-21-22/h1-8,10-11,16H,9H2,(H2,19,23). The van der Waals surface area contributed by atoms with Gasteiger partial charge in [0.25, 0.3) is 0 Å². The van der Waals surface area contributed by atoms with Crippen molar-refractivity contribution in [1.82, 2.24) is 14.8 Å². The predicted molar refractivity (Wildman–Crippen MR) is 88.5 cm³/mol. The van der Waals surface area contributed by atoms with E-state index < -0.39 is 0 Å². The van der Waals surface area contributed by atoms with Crippen molar-refractivity contribution in [3.8, 4) is 5.69 Å². The molecule has 0 fully saturated rings. The Kier molecular flexibility index (Phi) is 4.39. The number of nitrogens with zero attached hydrogens (tertiary/aromatic N) is 3. The molecule has 0 aliphatic heterocycles. The summed E-state index contributed by atoms with van der Waals surface area (Å²) in [6.07, 6.45) is 3.36. The lowest BCUT2D eigenvalue weighted by molar-refractivity contribution is -0.118. The summed E-state index contributed by atoms with van der Waals surface area (Å²) in [4.78, 5) is 15.4. The third-order valence-electron chi connectivity index (χ3n) is 3.66. The average molecular weight is 327 g/mol. The van der Waals surface area contributed by atoms with Crippen LogP contribution in [0.15, 0.2) is 61.2 Å². The number of nitrogens with two attached hydrogens (primary N) is 1. The van der Waals surface area contributed by atoms with Crippen molar-refractivity contribution in [2.75, 3.05) is 0 Å². The number of carbonyl (C=O) groups excluding carboxylic acids is 1. The van der Waals surface area contributed by atoms with E-state index in [0.29, 0.717) is 5.02 Å². The molecule has 0 radical (unpaired) electrons. The van der Waals surface area contributed by atoms with Gasteiger partial charge in [-0.05, 0) is 35.4 Å². The van der Waals surface area contributed by atoms with Gasteiger partial charge in [0.15, 0.2) is 0 Å². The number of halogens is 1. The summed E-state index contributed by atoms with van der Waals surface area (Å²) >= 11 is 5.94. The van der Waals surface area contributed by atoms with Gasteiger partial charge in [-0.25, -0.2) is 9.67 Å². The van der Waals surface area contributed by atoms with Gasteiger partial charge >= 0.3 is 0 Å². The molecule has 6 heteroatoms. The number of hydrogen-bond donors (Lipinski definition) is 1. The van der Waals surface area contributed by atoms with E-state index in [4.69, 9.17) is 17.3 Å². The summed E-state index contributed by atoms with van der Waals surface area (Å²) in [7, 11) is 0. The summed E-state index contributed by atoms with van der Waals surface area (Å²) < 4.78 is 1.68. The van der Waals surface area contributed by atoms with Gasteiger partial charge in [-0.1, -0.05) is 35.9 Å². The molecule has 2 N–H and O–H groups in total. The summed E-state index contributed by atoms with van der Waals surface area (Å²) in [6, 6.07) is 15.3. The molecule has 1 amide bonds. The molecule has 1 atom stereocenters. The van der Waals surface area contributed by atoms with Gasteiger partial charge in [-0.15, -0.1) is 0 Å². The lowest BCUT2D eigenvalue weighted by Gasteiger charge is -2.17. The van der Waals surface area contributed by atoms with Crippen molar-refractivity contribution in [1.29, 1.82) is 0 Å². The second-order valence-electron chi connectivity index (χ2n) is 5.21. The molecule has 3 rings (SSSR count). The SMILES string of the molecule is NC(=O)CC(c1ccc(Cl)cc1)c1ccc(-n2cncn2)cc1. The van der Waals surface area contributed by atoms with Crippen molar-refractivity contribution in [3.63, 3.8) is 0 Å². The first kappa shape index (κ1) is 15.2. The zero-order valence-corrected chi connectivity index (χ0v) is 13.0. The van der Waals surface area contributed by atoms with Crippen LogP contribution in [0.5, 0.6) is 0 Å². The molecule has 116 valence electrons. The smallest absolute Gasteiger partial charge is 0.218 e. The monoisotopic (exact) mass is 326 g/mol. The molecule has 2 aromatic carbocycles. The fourth-order valence-corrected chi connectivity index (χ4v) is 2.65. The van der Waals surface area contributed by atoms with Gasteiger partial charge in [0.2, 0.25) is 5.91 Å². The minimum Gasteiger partial charge on any atom is -0.370 e. The van der Waals surface area contributed by atoms with E-state index in [1.54, 1.807) is 11.0 Å². The zero-order chi connectivity index (χ0) is 16.2. The molecular formula is C17H15ClN4O. The molecule has 1 heterocycles. The van der Waals surface area contributed by atoms with Crippen molar-refractivity contribution in [2.24, 2.45) is 5.73 Å². The summed E-state index contributed by atoms with van der Waals surface area (Å²) in [5.74, 6) is -0.445. The number of hydrogen-bond acceptors (Lipinski definition) is 3. The lowest BCUT2D eigenvalue weighted by Crippen LogP contribution is -2.16. The second-order valence-corrected chi connectivity index (χ2v) is 5.64. The van der Waals surface area contributed by atoms with Gasteiger partial charge in [-0.3, -0.25) is 4.79 Å². The van der Waals surface area contributed by atoms with Crippen LogP contribution in [0, 0.1) is 0 Å². The van der Waals surface area contributed by atoms with Crippen molar-refractivity contribution >= 4 is 17.5 Å². The lowest BCUT2D eigenvalue weighted by atomic mass is 9.88. The first-order chi connectivity index (χ1) is 11.1. The number of amides is 1. The molecule has 1 unspecified atom stereocenters. The van der Waals surface area contributed by atoms with Crippen LogP contribution >= 0.6 is 11.6 Å². The van der Waals surface area contributed by atoms with Gasteiger partial charge in [0, 0.05) is 17.4 Å². The fourth-order valence-electron chi connectivity index (χ4n) is 2.53. The van der Waals surface area contributed by atoms with Crippen LogP contribution in [0.2, 0.25) is 5.02 Å². The topological polar surface area (TPSA) is 73.8 Å². The molecule has 0 saturated heterocycles. The van der Waals surface area contributed by atoms with E-state index in [1.807, 2.05) is 48.5 Å². The molecule has 0 aliphatic carbocycles. The predicted octanol–water partition coefficient (Wildman–Crippen LogP) is 2.93. The number of carbonyl (C=O) groups is 1. The average Bonchev–Trinajstić information content (AvgIpc) is 3.08. The highest BCUT2D eigenvalue weighted by Crippen LogP contribution is 2.29. The van der Waals surface area contributed by atoms with Crippen LogP contribution in [-0.2, 0) is 4.79 Å². The van der Waals surface area contributed by atoms with Gasteiger partial charge in [0.05, 0.1) is 5.69 Å². The van der Waals surface area contributed by atoms with Crippen LogP contribution in [-0.4, -0.2) is 20.7 Å². The highest BCUT2D eigenvalue weighted by Gasteiger charge is 2.17. The van der Waals surface area contributed by atoms with Crippen LogP contribution in [0.3, 0.4) is 0 Å². The highest BCUT2D eigenvalue weighted by molar-refractivity contribution is 6.30. The zero-order valence-electron chi connectivity index (χ0n) is 12.3. The summed E-state index contributed by atoms with van der Waals surface area (Å²) in [5, 5.41) is 4.75. The third-order valence-corrected chi connectivity index (χ3v) is 3.91. The van der Waals surface area contributed by atoms with Crippen molar-refractivity contribution in [2.45, 2.75) is 12.3 Å². The maximum atomic E-state index is 11.5. The molecule has 23 heavy (non-hydrogen) atoms. The molecule has 1 aromatic heterocycles. The van der Waals surface area contributed by atoms with Crippen molar-refractivity contribution < 1.29 is 4.79 Å². The van der Waals surface area contributed by atoms with E-state index in [0.717, 1.165) is 16.8 Å². The van der Waals surface area contributed by atoms with Crippen LogP contribution in [0.25, 0.3) is 5.69 Å². The highest BCUT2D eigenvalue weighted by atomic mass is 35.5. The normalized spacial score (nSPS) is 12.0. The summed E-state index contributed by atoms with van der Waals surface area (Å²) in [5.41, 5.74) is 8.33. The molecule has 5 nitrogen and oxygen atoms in total. The van der Waals surface area contributed by atoms with Crippen molar-refractivity contribution in [3.05, 3.63) is 77.3 Å². The second kappa shape index (κ2) is 6.62. The number of primary amides is 1. The Labute approximate surface area is 138 Å². The van der Waals surface area contributed by atoms with E-state index in [-0.39, 0.29) is 18.2 Å². The van der Waals surface area contributed by atoms with Crippen LogP contribution < -0.4 is 5.73 Å². The molecule has 0 bridgehead atoms.